The summed E-state index contributed by atoms with van der Waals surface area (Å²) in [5, 5.41) is 2.43. The Morgan fingerprint density at radius 1 is 1.16 bits per heavy atom. The molecule has 25 heavy (non-hydrogen) atoms. The van der Waals surface area contributed by atoms with Crippen LogP contribution in [0.2, 0.25) is 0 Å². The summed E-state index contributed by atoms with van der Waals surface area (Å²) in [6, 6.07) is 16.9. The number of hydrogen-bond acceptors (Lipinski definition) is 3. The van der Waals surface area contributed by atoms with Crippen molar-refractivity contribution in [3.63, 3.8) is 0 Å². The lowest BCUT2D eigenvalue weighted by atomic mass is 9.90. The molecule has 1 fully saturated rings. The fourth-order valence-electron chi connectivity index (χ4n) is 3.74. The number of likely N-dealkylation sites (tertiary alicyclic amines) is 1. The minimum Gasteiger partial charge on any atom is -0.497 e. The Morgan fingerprint density at radius 3 is 2.92 bits per heavy atom. The van der Waals surface area contributed by atoms with Gasteiger partial charge in [0.05, 0.1) is 19.9 Å². The van der Waals surface area contributed by atoms with Gasteiger partial charge >= 0.3 is 0 Å². The third kappa shape index (κ3) is 3.83. The van der Waals surface area contributed by atoms with Crippen LogP contribution in [-0.2, 0) is 6.54 Å². The van der Waals surface area contributed by atoms with Crippen LogP contribution in [0.4, 0.5) is 0 Å². The third-order valence-corrected chi connectivity index (χ3v) is 5.03. The monoisotopic (exact) mass is 357 g/mol. The lowest BCUT2D eigenvalue weighted by Gasteiger charge is -2.32. The maximum atomic E-state index is 5.83. The normalized spacial score (nSPS) is 18.0. The predicted octanol–water partition coefficient (Wildman–Crippen LogP) is 5.24. The number of hydrogen-bond donors (Lipinski definition) is 0. The average molecular weight is 358 g/mol. The molecule has 0 amide bonds. The van der Waals surface area contributed by atoms with Gasteiger partial charge in [-0.25, -0.2) is 0 Å². The Morgan fingerprint density at radius 2 is 2.04 bits per heavy atom. The first-order valence-electron chi connectivity index (χ1n) is 8.65. The second kappa shape index (κ2) is 7.94. The number of benzene rings is 2. The van der Waals surface area contributed by atoms with E-state index in [2.05, 4.69) is 47.4 Å². The molecule has 0 aliphatic carbocycles. The van der Waals surface area contributed by atoms with E-state index in [9.17, 15) is 0 Å². The van der Waals surface area contributed by atoms with E-state index in [0.717, 1.165) is 31.1 Å². The molecule has 4 heteroatoms. The van der Waals surface area contributed by atoms with Crippen LogP contribution in [0.25, 0.3) is 10.8 Å². The van der Waals surface area contributed by atoms with Crippen molar-refractivity contribution in [2.45, 2.75) is 25.3 Å². The summed E-state index contributed by atoms with van der Waals surface area (Å²) in [6.45, 7) is 3.09. The highest BCUT2D eigenvalue weighted by molar-refractivity contribution is 5.85. The van der Waals surface area contributed by atoms with Crippen molar-refractivity contribution in [2.75, 3.05) is 20.2 Å². The summed E-state index contributed by atoms with van der Waals surface area (Å²) in [4.78, 5) is 2.51. The van der Waals surface area contributed by atoms with Crippen LogP contribution in [-0.4, -0.2) is 25.1 Å². The van der Waals surface area contributed by atoms with Crippen molar-refractivity contribution in [1.82, 2.24) is 4.90 Å². The van der Waals surface area contributed by atoms with E-state index in [1.165, 1.54) is 29.2 Å². The van der Waals surface area contributed by atoms with Crippen LogP contribution < -0.4 is 4.74 Å². The van der Waals surface area contributed by atoms with Crippen molar-refractivity contribution in [1.29, 1.82) is 0 Å². The second-order valence-corrected chi connectivity index (χ2v) is 6.60. The van der Waals surface area contributed by atoms with Gasteiger partial charge in [-0.05, 0) is 43.0 Å². The van der Waals surface area contributed by atoms with Crippen molar-refractivity contribution >= 4 is 23.2 Å². The Labute approximate surface area is 155 Å². The first kappa shape index (κ1) is 17.8. The fraction of sp³-hybridized carbons (Fsp3) is 0.333. The largest absolute Gasteiger partial charge is 0.497 e. The molecule has 3 nitrogen and oxygen atoms in total. The topological polar surface area (TPSA) is 25.6 Å². The predicted molar refractivity (Wildman–Crippen MR) is 104 cm³/mol. The Balaban J connectivity index is 0.00000182. The second-order valence-electron chi connectivity index (χ2n) is 6.60. The first-order valence-corrected chi connectivity index (χ1v) is 8.65. The van der Waals surface area contributed by atoms with Crippen molar-refractivity contribution in [3.8, 4) is 5.75 Å². The first-order chi connectivity index (χ1) is 11.8. The summed E-state index contributed by atoms with van der Waals surface area (Å²) in [5.41, 5.74) is 1.38. The zero-order chi connectivity index (χ0) is 16.4. The number of methoxy groups -OCH3 is 1. The maximum Gasteiger partial charge on any atom is 0.125 e. The molecule has 2 heterocycles. The van der Waals surface area contributed by atoms with Gasteiger partial charge in [0.2, 0.25) is 0 Å². The lowest BCUT2D eigenvalue weighted by molar-refractivity contribution is 0.187. The van der Waals surface area contributed by atoms with Crippen LogP contribution in [0.3, 0.4) is 0 Å². The zero-order valence-corrected chi connectivity index (χ0v) is 15.3. The summed E-state index contributed by atoms with van der Waals surface area (Å²) in [7, 11) is 1.73. The molecule has 1 unspecified atom stereocenters. The van der Waals surface area contributed by atoms with Crippen LogP contribution in [0.1, 0.15) is 30.1 Å². The molecule has 0 saturated carbocycles. The highest BCUT2D eigenvalue weighted by Gasteiger charge is 2.23. The number of rotatable bonds is 4. The van der Waals surface area contributed by atoms with Gasteiger partial charge < -0.3 is 9.15 Å². The molecule has 1 aromatic heterocycles. The SMILES string of the molecule is COc1cccc(C2CCCN(Cc3occ4ccccc34)C2)c1.Cl. The molecule has 132 valence electrons. The van der Waals surface area contributed by atoms with E-state index < -0.39 is 0 Å². The molecule has 2 aromatic carbocycles. The Bertz CT molecular complexity index is 829. The van der Waals surface area contributed by atoms with E-state index in [1.54, 1.807) is 7.11 Å². The maximum absolute atomic E-state index is 5.83. The Kier molecular flexibility index (Phi) is 5.67. The molecule has 1 atom stereocenters. The fourth-order valence-corrected chi connectivity index (χ4v) is 3.74. The smallest absolute Gasteiger partial charge is 0.125 e. The molecule has 1 aliphatic heterocycles. The molecule has 3 aromatic rings. The van der Waals surface area contributed by atoms with Crippen molar-refractivity contribution in [2.24, 2.45) is 0 Å². The molecule has 4 rings (SSSR count). The van der Waals surface area contributed by atoms with E-state index in [0.29, 0.717) is 5.92 Å². The number of piperidine rings is 1. The van der Waals surface area contributed by atoms with Gasteiger partial charge in [0, 0.05) is 17.3 Å². The molecule has 1 aliphatic rings. The van der Waals surface area contributed by atoms with E-state index in [4.69, 9.17) is 9.15 Å². The minimum atomic E-state index is 0. The molecule has 1 saturated heterocycles. The minimum absolute atomic E-state index is 0. The van der Waals surface area contributed by atoms with Gasteiger partial charge in [-0.15, -0.1) is 12.4 Å². The van der Waals surface area contributed by atoms with Crippen LogP contribution in [0.5, 0.6) is 5.75 Å². The third-order valence-electron chi connectivity index (χ3n) is 5.03. The molecule has 0 radical (unpaired) electrons. The summed E-state index contributed by atoms with van der Waals surface area (Å²) in [5.74, 6) is 2.59. The summed E-state index contributed by atoms with van der Waals surface area (Å²) >= 11 is 0. The van der Waals surface area contributed by atoms with Crippen LogP contribution in [0, 0.1) is 0 Å². The van der Waals surface area contributed by atoms with Gasteiger partial charge in [-0.3, -0.25) is 4.90 Å². The van der Waals surface area contributed by atoms with Gasteiger partial charge in [-0.2, -0.15) is 0 Å². The number of halogens is 1. The zero-order valence-electron chi connectivity index (χ0n) is 14.5. The van der Waals surface area contributed by atoms with E-state index >= 15 is 0 Å². The lowest BCUT2D eigenvalue weighted by Crippen LogP contribution is -2.33. The molecule has 0 spiro atoms. The number of furan rings is 1. The average Bonchev–Trinajstić information content (AvgIpc) is 3.05. The number of ether oxygens (including phenoxy) is 1. The number of nitrogens with zero attached hydrogens (tertiary/aromatic N) is 1. The van der Waals surface area contributed by atoms with Gasteiger partial charge in [0.1, 0.15) is 11.5 Å². The van der Waals surface area contributed by atoms with Gasteiger partial charge in [0.25, 0.3) is 0 Å². The van der Waals surface area contributed by atoms with E-state index in [-0.39, 0.29) is 12.4 Å². The summed E-state index contributed by atoms with van der Waals surface area (Å²) in [6.07, 6.45) is 4.33. The Hall–Kier alpha value is -1.97. The highest BCUT2D eigenvalue weighted by atomic mass is 35.5. The number of fused-ring (bicyclic) bond motifs is 1. The van der Waals surface area contributed by atoms with Crippen LogP contribution in [0.15, 0.2) is 59.2 Å². The molecule has 0 N–H and O–H groups in total. The highest BCUT2D eigenvalue weighted by Crippen LogP contribution is 2.31. The van der Waals surface area contributed by atoms with Crippen molar-refractivity contribution < 1.29 is 9.15 Å². The van der Waals surface area contributed by atoms with Gasteiger partial charge in [0.15, 0.2) is 0 Å². The van der Waals surface area contributed by atoms with Gasteiger partial charge in [-0.1, -0.05) is 36.4 Å². The molecular formula is C21H24ClNO2. The van der Waals surface area contributed by atoms with E-state index in [1.807, 2.05) is 12.3 Å². The van der Waals surface area contributed by atoms with Crippen LogP contribution >= 0.6 is 12.4 Å². The molecule has 0 bridgehead atoms. The standard InChI is InChI=1S/C21H23NO2.ClH/c1-23-19-9-4-7-16(12-19)17-8-5-11-22(13-17)14-21-20-10-3-2-6-18(20)15-24-21;/h2-4,6-7,9-10,12,15,17H,5,8,11,13-14H2,1H3;1H. The molecular weight excluding hydrogens is 334 g/mol. The quantitative estimate of drug-likeness (QED) is 0.638. The van der Waals surface area contributed by atoms with Crippen molar-refractivity contribution in [3.05, 3.63) is 66.1 Å². The summed E-state index contributed by atoms with van der Waals surface area (Å²) < 4.78 is 11.2.